The van der Waals surface area contributed by atoms with E-state index in [0.717, 1.165) is 5.56 Å². The van der Waals surface area contributed by atoms with Crippen molar-refractivity contribution in [3.05, 3.63) is 23.8 Å². The van der Waals surface area contributed by atoms with Gasteiger partial charge in [0.2, 0.25) is 15.9 Å². The quantitative estimate of drug-likeness (QED) is 0.790. The van der Waals surface area contributed by atoms with E-state index in [1.54, 1.807) is 19.1 Å². The fraction of sp³-hybridized carbons (Fsp3) is 0.462. The molecule has 1 atom stereocenters. The second-order valence-corrected chi connectivity index (χ2v) is 7.06. The van der Waals surface area contributed by atoms with Gasteiger partial charge < -0.3 is 11.5 Å². The monoisotopic (exact) mass is 297 g/mol. The number of benzene rings is 1. The summed E-state index contributed by atoms with van der Waals surface area (Å²) >= 11 is 0. The van der Waals surface area contributed by atoms with Crippen molar-refractivity contribution in [2.24, 2.45) is 11.7 Å². The third-order valence-corrected chi connectivity index (χ3v) is 5.53. The lowest BCUT2D eigenvalue weighted by Gasteiger charge is -2.30. The number of piperidine rings is 1. The Kier molecular flexibility index (Phi) is 4.01. The molecule has 6 nitrogen and oxygen atoms in total. The number of nitrogens with two attached hydrogens (primary N) is 2. The minimum Gasteiger partial charge on any atom is -0.399 e. The molecule has 0 bridgehead atoms. The molecule has 0 spiro atoms. The maximum atomic E-state index is 12.6. The predicted octanol–water partition coefficient (Wildman–Crippen LogP) is 0.463. The van der Waals surface area contributed by atoms with Crippen LogP contribution in [-0.2, 0) is 14.8 Å². The molecule has 1 heterocycles. The lowest BCUT2D eigenvalue weighted by atomic mass is 9.99. The number of amides is 1. The summed E-state index contributed by atoms with van der Waals surface area (Å²) in [6, 6.07) is 4.63. The van der Waals surface area contributed by atoms with Crippen molar-refractivity contribution in [3.63, 3.8) is 0 Å². The van der Waals surface area contributed by atoms with Crippen LogP contribution in [0.3, 0.4) is 0 Å². The van der Waals surface area contributed by atoms with Crippen molar-refractivity contribution in [2.45, 2.75) is 24.7 Å². The van der Waals surface area contributed by atoms with Crippen molar-refractivity contribution in [1.82, 2.24) is 4.31 Å². The van der Waals surface area contributed by atoms with Crippen molar-refractivity contribution in [3.8, 4) is 0 Å². The number of sulfonamides is 1. The summed E-state index contributed by atoms with van der Waals surface area (Å²) < 4.78 is 26.4. The van der Waals surface area contributed by atoms with Gasteiger partial charge in [0.25, 0.3) is 0 Å². The largest absolute Gasteiger partial charge is 0.399 e. The lowest BCUT2D eigenvalue weighted by Crippen LogP contribution is -2.44. The van der Waals surface area contributed by atoms with Gasteiger partial charge in [-0.3, -0.25) is 4.79 Å². The number of aryl methyl sites for hydroxylation is 1. The normalized spacial score (nSPS) is 20.8. The molecule has 20 heavy (non-hydrogen) atoms. The van der Waals surface area contributed by atoms with Crippen LogP contribution < -0.4 is 11.5 Å². The molecule has 0 saturated carbocycles. The Morgan fingerprint density at radius 1 is 1.40 bits per heavy atom. The maximum Gasteiger partial charge on any atom is 0.243 e. The third kappa shape index (κ3) is 2.78. The van der Waals surface area contributed by atoms with E-state index in [1.165, 1.54) is 10.4 Å². The second kappa shape index (κ2) is 5.41. The number of carbonyl (C=O) groups is 1. The first-order valence-corrected chi connectivity index (χ1v) is 7.92. The van der Waals surface area contributed by atoms with Crippen molar-refractivity contribution in [1.29, 1.82) is 0 Å². The van der Waals surface area contributed by atoms with Gasteiger partial charge in [-0.1, -0.05) is 0 Å². The van der Waals surface area contributed by atoms with E-state index in [4.69, 9.17) is 11.5 Å². The minimum atomic E-state index is -3.60. The molecule has 2 rings (SSSR count). The van der Waals surface area contributed by atoms with Gasteiger partial charge in [0.05, 0.1) is 10.8 Å². The molecule has 0 aromatic heterocycles. The Labute approximate surface area is 118 Å². The summed E-state index contributed by atoms with van der Waals surface area (Å²) in [4.78, 5) is 11.4. The Hall–Kier alpha value is -1.60. The fourth-order valence-electron chi connectivity index (χ4n) is 2.35. The van der Waals surface area contributed by atoms with Crippen LogP contribution in [0.4, 0.5) is 5.69 Å². The molecule has 110 valence electrons. The van der Waals surface area contributed by atoms with Crippen molar-refractivity contribution < 1.29 is 13.2 Å². The second-order valence-electron chi connectivity index (χ2n) is 5.12. The highest BCUT2D eigenvalue weighted by Gasteiger charge is 2.32. The van der Waals surface area contributed by atoms with Gasteiger partial charge in [-0.05, 0) is 43.5 Å². The van der Waals surface area contributed by atoms with E-state index in [-0.39, 0.29) is 11.4 Å². The highest BCUT2D eigenvalue weighted by Crippen LogP contribution is 2.25. The van der Waals surface area contributed by atoms with Crippen LogP contribution >= 0.6 is 0 Å². The minimum absolute atomic E-state index is 0.154. The van der Waals surface area contributed by atoms with Gasteiger partial charge in [0.15, 0.2) is 0 Å². The number of rotatable bonds is 3. The van der Waals surface area contributed by atoms with Gasteiger partial charge in [-0.15, -0.1) is 0 Å². The van der Waals surface area contributed by atoms with Gasteiger partial charge in [0, 0.05) is 18.8 Å². The van der Waals surface area contributed by atoms with E-state index < -0.39 is 21.8 Å². The van der Waals surface area contributed by atoms with E-state index in [1.807, 2.05) is 0 Å². The molecular weight excluding hydrogens is 278 g/mol. The number of hydrogen-bond donors (Lipinski definition) is 2. The predicted molar refractivity (Wildman–Crippen MR) is 76.3 cm³/mol. The van der Waals surface area contributed by atoms with Gasteiger partial charge in [0.1, 0.15) is 0 Å². The van der Waals surface area contributed by atoms with Gasteiger partial charge >= 0.3 is 0 Å². The van der Waals surface area contributed by atoms with Crippen LogP contribution in [-0.4, -0.2) is 31.7 Å². The van der Waals surface area contributed by atoms with E-state index in [9.17, 15) is 13.2 Å². The summed E-state index contributed by atoms with van der Waals surface area (Å²) in [7, 11) is -3.60. The molecule has 1 aromatic carbocycles. The summed E-state index contributed by atoms with van der Waals surface area (Å²) in [6.45, 7) is 2.33. The average Bonchev–Trinajstić information content (AvgIpc) is 2.42. The van der Waals surface area contributed by atoms with E-state index in [2.05, 4.69) is 0 Å². The fourth-order valence-corrected chi connectivity index (χ4v) is 3.96. The highest BCUT2D eigenvalue weighted by atomic mass is 32.2. The third-order valence-electron chi connectivity index (χ3n) is 3.67. The number of nitrogen functional groups attached to an aromatic ring is 1. The number of primary amides is 1. The summed E-state index contributed by atoms with van der Waals surface area (Å²) in [5.74, 6) is -0.855. The zero-order valence-electron chi connectivity index (χ0n) is 11.4. The first-order chi connectivity index (χ1) is 9.32. The Morgan fingerprint density at radius 3 is 2.70 bits per heavy atom. The molecule has 0 radical (unpaired) electrons. The van der Waals surface area contributed by atoms with Crippen LogP contribution in [0.1, 0.15) is 18.4 Å². The zero-order chi connectivity index (χ0) is 14.9. The standard InChI is InChI=1S/C13H19N3O3S/c1-9-7-11(4-5-12(9)14)20(18,19)16-6-2-3-10(8-16)13(15)17/h4-5,7,10H,2-3,6,8,14H2,1H3,(H2,15,17). The van der Waals surface area contributed by atoms with Gasteiger partial charge in [-0.2, -0.15) is 4.31 Å². The van der Waals surface area contributed by atoms with Crippen LogP contribution in [0.25, 0.3) is 0 Å². The first kappa shape index (κ1) is 14.8. The summed E-state index contributed by atoms with van der Waals surface area (Å²) in [5, 5.41) is 0. The number of anilines is 1. The topological polar surface area (TPSA) is 106 Å². The van der Waals surface area contributed by atoms with Crippen molar-refractivity contribution >= 4 is 21.6 Å². The van der Waals surface area contributed by atoms with Gasteiger partial charge in [-0.25, -0.2) is 8.42 Å². The molecular formula is C13H19N3O3S. The zero-order valence-corrected chi connectivity index (χ0v) is 12.2. The Morgan fingerprint density at radius 2 is 2.10 bits per heavy atom. The van der Waals surface area contributed by atoms with Crippen LogP contribution in [0.15, 0.2) is 23.1 Å². The smallest absolute Gasteiger partial charge is 0.243 e. The molecule has 1 aliphatic rings. The van der Waals surface area contributed by atoms with E-state index in [0.29, 0.717) is 25.1 Å². The van der Waals surface area contributed by atoms with Crippen LogP contribution in [0.2, 0.25) is 0 Å². The summed E-state index contributed by atoms with van der Waals surface area (Å²) in [6.07, 6.45) is 1.28. The maximum absolute atomic E-state index is 12.6. The number of carbonyl (C=O) groups excluding carboxylic acids is 1. The van der Waals surface area contributed by atoms with Crippen LogP contribution in [0.5, 0.6) is 0 Å². The highest BCUT2D eigenvalue weighted by molar-refractivity contribution is 7.89. The first-order valence-electron chi connectivity index (χ1n) is 6.48. The Balaban J connectivity index is 2.29. The van der Waals surface area contributed by atoms with Crippen LogP contribution in [0, 0.1) is 12.8 Å². The molecule has 1 aromatic rings. The summed E-state index contributed by atoms with van der Waals surface area (Å²) in [5.41, 5.74) is 12.3. The molecule has 1 amide bonds. The SMILES string of the molecule is Cc1cc(S(=O)(=O)N2CCCC(C(N)=O)C2)ccc1N. The van der Waals surface area contributed by atoms with Crippen molar-refractivity contribution in [2.75, 3.05) is 18.8 Å². The molecule has 1 aliphatic heterocycles. The average molecular weight is 297 g/mol. The molecule has 0 aliphatic carbocycles. The molecule has 1 fully saturated rings. The molecule has 7 heteroatoms. The number of nitrogens with zero attached hydrogens (tertiary/aromatic N) is 1. The molecule has 1 saturated heterocycles. The molecule has 4 N–H and O–H groups in total. The lowest BCUT2D eigenvalue weighted by molar-refractivity contribution is -0.122. The van der Waals surface area contributed by atoms with E-state index >= 15 is 0 Å². The Bertz CT molecular complexity index is 628. The number of hydrogen-bond acceptors (Lipinski definition) is 4. The molecule has 1 unspecified atom stereocenters.